The smallest absolute Gasteiger partial charge is 0.239 e. The predicted molar refractivity (Wildman–Crippen MR) is 76.1 cm³/mol. The SMILES string of the molecule is CCOc1nc(NCc2ccc(C)nc2)ccc1N. The molecule has 0 spiro atoms. The summed E-state index contributed by atoms with van der Waals surface area (Å²) in [5.74, 6) is 1.20. The molecule has 2 aromatic rings. The Kier molecular flexibility index (Phi) is 4.18. The summed E-state index contributed by atoms with van der Waals surface area (Å²) in [6.45, 7) is 5.07. The zero-order valence-corrected chi connectivity index (χ0v) is 11.2. The minimum absolute atomic E-state index is 0.467. The van der Waals surface area contributed by atoms with E-state index in [1.54, 1.807) is 6.07 Å². The molecule has 0 bridgehead atoms. The third-order valence-corrected chi connectivity index (χ3v) is 2.62. The second-order valence-electron chi connectivity index (χ2n) is 4.19. The van der Waals surface area contributed by atoms with Crippen LogP contribution < -0.4 is 15.8 Å². The third kappa shape index (κ3) is 3.58. The average molecular weight is 258 g/mol. The fourth-order valence-electron chi connectivity index (χ4n) is 1.60. The molecule has 0 atom stereocenters. The topological polar surface area (TPSA) is 73.1 Å². The van der Waals surface area contributed by atoms with Crippen molar-refractivity contribution in [3.05, 3.63) is 41.7 Å². The van der Waals surface area contributed by atoms with Crippen molar-refractivity contribution in [3.63, 3.8) is 0 Å². The van der Waals surface area contributed by atoms with Crippen LogP contribution in [-0.2, 0) is 6.54 Å². The van der Waals surface area contributed by atoms with Gasteiger partial charge in [-0.05, 0) is 37.6 Å². The molecule has 19 heavy (non-hydrogen) atoms. The first kappa shape index (κ1) is 13.1. The van der Waals surface area contributed by atoms with E-state index in [1.165, 1.54) is 0 Å². The average Bonchev–Trinajstić information content (AvgIpc) is 2.42. The summed E-state index contributed by atoms with van der Waals surface area (Å²) in [6.07, 6.45) is 1.85. The summed E-state index contributed by atoms with van der Waals surface area (Å²) in [5, 5.41) is 3.22. The van der Waals surface area contributed by atoms with E-state index in [9.17, 15) is 0 Å². The van der Waals surface area contributed by atoms with Gasteiger partial charge in [-0.15, -0.1) is 0 Å². The highest BCUT2D eigenvalue weighted by molar-refractivity contribution is 5.53. The van der Waals surface area contributed by atoms with Crippen molar-refractivity contribution in [3.8, 4) is 5.88 Å². The number of aryl methyl sites for hydroxylation is 1. The maximum absolute atomic E-state index is 5.77. The summed E-state index contributed by atoms with van der Waals surface area (Å²) in [6, 6.07) is 7.64. The molecule has 0 aromatic carbocycles. The van der Waals surface area contributed by atoms with Crippen molar-refractivity contribution in [2.45, 2.75) is 20.4 Å². The van der Waals surface area contributed by atoms with E-state index in [0.29, 0.717) is 24.7 Å². The van der Waals surface area contributed by atoms with Gasteiger partial charge < -0.3 is 15.8 Å². The molecule has 0 saturated carbocycles. The number of pyridine rings is 2. The number of hydrogen-bond acceptors (Lipinski definition) is 5. The van der Waals surface area contributed by atoms with Crippen molar-refractivity contribution < 1.29 is 4.74 Å². The number of nitrogens with zero attached hydrogens (tertiary/aromatic N) is 2. The highest BCUT2D eigenvalue weighted by Crippen LogP contribution is 2.21. The van der Waals surface area contributed by atoms with Crippen molar-refractivity contribution >= 4 is 11.5 Å². The molecule has 0 aliphatic carbocycles. The van der Waals surface area contributed by atoms with Crippen molar-refractivity contribution in [1.29, 1.82) is 0 Å². The molecular formula is C14H18N4O. The van der Waals surface area contributed by atoms with Gasteiger partial charge in [0, 0.05) is 18.4 Å². The van der Waals surface area contributed by atoms with E-state index in [0.717, 1.165) is 17.1 Å². The van der Waals surface area contributed by atoms with Gasteiger partial charge in [0.15, 0.2) is 0 Å². The maximum atomic E-state index is 5.77. The number of nitrogens with one attached hydrogen (secondary N) is 1. The first-order valence-corrected chi connectivity index (χ1v) is 6.23. The summed E-state index contributed by atoms with van der Waals surface area (Å²) in [5.41, 5.74) is 8.43. The van der Waals surface area contributed by atoms with Crippen LogP contribution in [0, 0.1) is 6.92 Å². The predicted octanol–water partition coefficient (Wildman–Crippen LogP) is 2.38. The molecule has 2 rings (SSSR count). The van der Waals surface area contributed by atoms with Crippen LogP contribution in [0.15, 0.2) is 30.5 Å². The van der Waals surface area contributed by atoms with E-state index < -0.39 is 0 Å². The van der Waals surface area contributed by atoms with E-state index in [4.69, 9.17) is 10.5 Å². The van der Waals surface area contributed by atoms with Crippen molar-refractivity contribution in [2.24, 2.45) is 0 Å². The zero-order valence-electron chi connectivity index (χ0n) is 11.2. The van der Waals surface area contributed by atoms with Crippen LogP contribution in [0.5, 0.6) is 5.88 Å². The normalized spacial score (nSPS) is 10.2. The number of aromatic nitrogens is 2. The molecule has 0 unspecified atom stereocenters. The molecular weight excluding hydrogens is 240 g/mol. The van der Waals surface area contributed by atoms with Gasteiger partial charge in [0.05, 0.1) is 12.3 Å². The largest absolute Gasteiger partial charge is 0.476 e. The first-order chi connectivity index (χ1) is 9.19. The summed E-state index contributed by atoms with van der Waals surface area (Å²) in [7, 11) is 0. The lowest BCUT2D eigenvalue weighted by Crippen LogP contribution is -2.05. The van der Waals surface area contributed by atoms with Crippen molar-refractivity contribution in [2.75, 3.05) is 17.7 Å². The Labute approximate surface area is 112 Å². The highest BCUT2D eigenvalue weighted by Gasteiger charge is 2.03. The van der Waals surface area contributed by atoms with E-state index >= 15 is 0 Å². The van der Waals surface area contributed by atoms with Crippen LogP contribution in [0.3, 0.4) is 0 Å². The second kappa shape index (κ2) is 6.04. The van der Waals surface area contributed by atoms with Gasteiger partial charge in [0.2, 0.25) is 5.88 Å². The molecule has 100 valence electrons. The van der Waals surface area contributed by atoms with Crippen LogP contribution in [0.4, 0.5) is 11.5 Å². The number of hydrogen-bond donors (Lipinski definition) is 2. The first-order valence-electron chi connectivity index (χ1n) is 6.23. The molecule has 5 nitrogen and oxygen atoms in total. The van der Waals surface area contributed by atoms with Gasteiger partial charge in [0.1, 0.15) is 5.82 Å². The van der Waals surface area contributed by atoms with E-state index in [-0.39, 0.29) is 0 Å². The van der Waals surface area contributed by atoms with Gasteiger partial charge in [-0.3, -0.25) is 4.98 Å². The standard InChI is InChI=1S/C14H18N4O/c1-3-19-14-12(15)6-7-13(18-14)17-9-11-5-4-10(2)16-8-11/h4-8H,3,9,15H2,1-2H3,(H,17,18). The Morgan fingerprint density at radius 2 is 2.11 bits per heavy atom. The summed E-state index contributed by atoms with van der Waals surface area (Å²) < 4.78 is 5.36. The molecule has 0 aliphatic heterocycles. The van der Waals surface area contributed by atoms with Crippen LogP contribution >= 0.6 is 0 Å². The minimum atomic E-state index is 0.467. The molecule has 5 heteroatoms. The number of anilines is 2. The van der Waals surface area contributed by atoms with Gasteiger partial charge >= 0.3 is 0 Å². The van der Waals surface area contributed by atoms with E-state index in [2.05, 4.69) is 15.3 Å². The lowest BCUT2D eigenvalue weighted by Gasteiger charge is -2.09. The van der Waals surface area contributed by atoms with Gasteiger partial charge in [0.25, 0.3) is 0 Å². The number of nitrogens with two attached hydrogens (primary N) is 1. The summed E-state index contributed by atoms with van der Waals surface area (Å²) in [4.78, 5) is 8.56. The fourth-order valence-corrected chi connectivity index (χ4v) is 1.60. The maximum Gasteiger partial charge on any atom is 0.239 e. The number of nitrogen functional groups attached to an aromatic ring is 1. The fraction of sp³-hybridized carbons (Fsp3) is 0.286. The quantitative estimate of drug-likeness (QED) is 0.861. The Balaban J connectivity index is 2.03. The Bertz CT molecular complexity index is 540. The van der Waals surface area contributed by atoms with Gasteiger partial charge in [-0.2, -0.15) is 4.98 Å². The minimum Gasteiger partial charge on any atom is -0.476 e. The molecule has 2 heterocycles. The number of ether oxygens (including phenoxy) is 1. The molecule has 0 fully saturated rings. The molecule has 3 N–H and O–H groups in total. The van der Waals surface area contributed by atoms with Crippen LogP contribution in [0.25, 0.3) is 0 Å². The Morgan fingerprint density at radius 1 is 1.26 bits per heavy atom. The van der Waals surface area contributed by atoms with Crippen LogP contribution in [-0.4, -0.2) is 16.6 Å². The monoisotopic (exact) mass is 258 g/mol. The van der Waals surface area contributed by atoms with Gasteiger partial charge in [-0.25, -0.2) is 0 Å². The lowest BCUT2D eigenvalue weighted by molar-refractivity contribution is 0.329. The molecule has 0 aliphatic rings. The molecule has 0 radical (unpaired) electrons. The molecule has 2 aromatic heterocycles. The number of rotatable bonds is 5. The Hall–Kier alpha value is -2.30. The molecule has 0 saturated heterocycles. The van der Waals surface area contributed by atoms with Gasteiger partial charge in [-0.1, -0.05) is 6.07 Å². The second-order valence-corrected chi connectivity index (χ2v) is 4.19. The van der Waals surface area contributed by atoms with Crippen LogP contribution in [0.2, 0.25) is 0 Å². The highest BCUT2D eigenvalue weighted by atomic mass is 16.5. The third-order valence-electron chi connectivity index (χ3n) is 2.62. The zero-order chi connectivity index (χ0) is 13.7. The molecule has 0 amide bonds. The summed E-state index contributed by atoms with van der Waals surface area (Å²) >= 11 is 0. The van der Waals surface area contributed by atoms with Crippen LogP contribution in [0.1, 0.15) is 18.2 Å². The Morgan fingerprint density at radius 3 is 2.79 bits per heavy atom. The lowest BCUT2D eigenvalue weighted by atomic mass is 10.2. The van der Waals surface area contributed by atoms with Crippen molar-refractivity contribution in [1.82, 2.24) is 9.97 Å². The van der Waals surface area contributed by atoms with E-state index in [1.807, 2.05) is 38.2 Å².